The summed E-state index contributed by atoms with van der Waals surface area (Å²) in [5, 5.41) is 7.57. The van der Waals surface area contributed by atoms with Crippen LogP contribution in [0.3, 0.4) is 0 Å². The zero-order valence-corrected chi connectivity index (χ0v) is 13.1. The molecular formula is C16H16F3N3O2. The Balaban J connectivity index is 1.38. The van der Waals surface area contributed by atoms with Crippen molar-refractivity contribution < 1.29 is 22.3 Å². The molecule has 1 unspecified atom stereocenters. The van der Waals surface area contributed by atoms with E-state index in [1.165, 1.54) is 0 Å². The van der Waals surface area contributed by atoms with Crippen LogP contribution in [0.25, 0.3) is 0 Å². The second kappa shape index (κ2) is 5.86. The number of hydrogen-bond donors (Lipinski definition) is 0. The van der Waals surface area contributed by atoms with Gasteiger partial charge < -0.3 is 9.15 Å². The lowest BCUT2D eigenvalue weighted by Gasteiger charge is -2.43. The Kier molecular flexibility index (Phi) is 3.80. The van der Waals surface area contributed by atoms with Crippen LogP contribution in [0.15, 0.2) is 10.5 Å². The van der Waals surface area contributed by atoms with E-state index in [1.807, 2.05) is 4.90 Å². The van der Waals surface area contributed by atoms with Gasteiger partial charge in [0.15, 0.2) is 17.5 Å². The second-order valence-electron chi connectivity index (χ2n) is 6.22. The number of ether oxygens (including phenoxy) is 1. The van der Waals surface area contributed by atoms with Gasteiger partial charge in [0.2, 0.25) is 11.8 Å². The molecule has 1 aromatic heterocycles. The Morgan fingerprint density at radius 2 is 2.04 bits per heavy atom. The van der Waals surface area contributed by atoms with Crippen LogP contribution < -0.4 is 0 Å². The number of benzene rings is 1. The molecule has 0 spiro atoms. The highest BCUT2D eigenvalue weighted by Crippen LogP contribution is 2.41. The first-order valence-corrected chi connectivity index (χ1v) is 7.84. The van der Waals surface area contributed by atoms with Crippen LogP contribution >= 0.6 is 0 Å². The third-order valence-corrected chi connectivity index (χ3v) is 4.63. The summed E-state index contributed by atoms with van der Waals surface area (Å²) in [5.74, 6) is -2.66. The normalized spacial score (nSPS) is 21.1. The Bertz CT molecular complexity index is 774. The van der Waals surface area contributed by atoms with Crippen molar-refractivity contribution >= 4 is 0 Å². The van der Waals surface area contributed by atoms with E-state index in [2.05, 4.69) is 10.2 Å². The SMILES string of the molecule is Cc1nnc(COC2CN(C3CCc4cc(F)c(F)c(F)c43)C2)o1. The van der Waals surface area contributed by atoms with Crippen LogP contribution in [0.2, 0.25) is 0 Å². The van der Waals surface area contributed by atoms with Crippen molar-refractivity contribution in [2.45, 2.75) is 38.5 Å². The van der Waals surface area contributed by atoms with E-state index in [1.54, 1.807) is 6.92 Å². The van der Waals surface area contributed by atoms with Gasteiger partial charge >= 0.3 is 0 Å². The molecule has 1 atom stereocenters. The van der Waals surface area contributed by atoms with Crippen LogP contribution in [-0.4, -0.2) is 34.3 Å². The minimum Gasteiger partial charge on any atom is -0.423 e. The zero-order chi connectivity index (χ0) is 16.8. The number of halogens is 3. The summed E-state index contributed by atoms with van der Waals surface area (Å²) in [6.45, 7) is 3.15. The van der Waals surface area contributed by atoms with Gasteiger partial charge in [0.25, 0.3) is 0 Å². The standard InChI is InChI=1S/C16H16F3N3O2/c1-8-20-21-13(24-8)7-23-10-5-22(6-10)12-3-2-9-4-11(17)15(18)16(19)14(9)12/h4,10,12H,2-3,5-7H2,1H3. The second-order valence-corrected chi connectivity index (χ2v) is 6.22. The molecule has 1 aliphatic carbocycles. The summed E-state index contributed by atoms with van der Waals surface area (Å²) in [7, 11) is 0. The highest BCUT2D eigenvalue weighted by Gasteiger charge is 2.39. The van der Waals surface area contributed by atoms with E-state index in [9.17, 15) is 13.2 Å². The fourth-order valence-electron chi connectivity index (χ4n) is 3.44. The lowest BCUT2D eigenvalue weighted by atomic mass is 10.0. The molecule has 0 N–H and O–H groups in total. The van der Waals surface area contributed by atoms with Crippen molar-refractivity contribution in [1.29, 1.82) is 0 Å². The monoisotopic (exact) mass is 339 g/mol. The molecule has 8 heteroatoms. The molecule has 0 saturated carbocycles. The molecule has 1 fully saturated rings. The Labute approximate surface area is 136 Å². The highest BCUT2D eigenvalue weighted by molar-refractivity contribution is 5.37. The van der Waals surface area contributed by atoms with E-state index in [0.717, 1.165) is 6.07 Å². The predicted molar refractivity (Wildman–Crippen MR) is 76.6 cm³/mol. The molecule has 128 valence electrons. The molecule has 1 saturated heterocycles. The van der Waals surface area contributed by atoms with Crippen molar-refractivity contribution in [3.8, 4) is 0 Å². The molecule has 2 aliphatic rings. The third kappa shape index (κ3) is 2.59. The van der Waals surface area contributed by atoms with E-state index < -0.39 is 17.5 Å². The van der Waals surface area contributed by atoms with Gasteiger partial charge in [-0.05, 0) is 24.5 Å². The minimum absolute atomic E-state index is 0.0189. The van der Waals surface area contributed by atoms with Crippen LogP contribution in [0, 0.1) is 24.4 Å². The molecule has 0 radical (unpaired) electrons. The average Bonchev–Trinajstić information content (AvgIpc) is 3.10. The van der Waals surface area contributed by atoms with E-state index in [4.69, 9.17) is 9.15 Å². The number of fused-ring (bicyclic) bond motifs is 1. The van der Waals surface area contributed by atoms with Gasteiger partial charge in [0, 0.05) is 31.6 Å². The smallest absolute Gasteiger partial charge is 0.242 e. The van der Waals surface area contributed by atoms with Crippen molar-refractivity contribution in [3.63, 3.8) is 0 Å². The van der Waals surface area contributed by atoms with E-state index in [0.29, 0.717) is 48.8 Å². The molecule has 0 bridgehead atoms. The van der Waals surface area contributed by atoms with Crippen molar-refractivity contribution in [3.05, 3.63) is 46.4 Å². The summed E-state index contributed by atoms with van der Waals surface area (Å²) in [4.78, 5) is 2.02. The van der Waals surface area contributed by atoms with Crippen LogP contribution in [0.5, 0.6) is 0 Å². The van der Waals surface area contributed by atoms with Crippen LogP contribution in [-0.2, 0) is 17.8 Å². The van der Waals surface area contributed by atoms with Crippen molar-refractivity contribution in [2.75, 3.05) is 13.1 Å². The lowest BCUT2D eigenvalue weighted by molar-refractivity contribution is -0.0849. The van der Waals surface area contributed by atoms with Crippen LogP contribution in [0.1, 0.15) is 35.4 Å². The average molecular weight is 339 g/mol. The Morgan fingerprint density at radius 3 is 2.75 bits per heavy atom. The number of nitrogens with zero attached hydrogens (tertiary/aromatic N) is 3. The number of likely N-dealkylation sites (tertiary alicyclic amines) is 1. The van der Waals surface area contributed by atoms with E-state index >= 15 is 0 Å². The minimum atomic E-state index is -1.39. The number of aryl methyl sites for hydroxylation is 2. The molecule has 2 aromatic rings. The highest BCUT2D eigenvalue weighted by atomic mass is 19.2. The third-order valence-electron chi connectivity index (χ3n) is 4.63. The maximum Gasteiger partial charge on any atom is 0.242 e. The molecule has 1 aromatic carbocycles. The van der Waals surface area contributed by atoms with E-state index in [-0.39, 0.29) is 18.8 Å². The maximum absolute atomic E-state index is 14.1. The summed E-state index contributed by atoms with van der Waals surface area (Å²) in [6.07, 6.45) is 1.19. The summed E-state index contributed by atoms with van der Waals surface area (Å²) < 4.78 is 51.8. The van der Waals surface area contributed by atoms with Crippen LogP contribution in [0.4, 0.5) is 13.2 Å². The first-order valence-electron chi connectivity index (χ1n) is 7.84. The topological polar surface area (TPSA) is 51.4 Å². The Hall–Kier alpha value is -1.93. The van der Waals surface area contributed by atoms with Gasteiger partial charge in [-0.15, -0.1) is 10.2 Å². The molecule has 0 amide bonds. The predicted octanol–water partition coefficient (Wildman–Crippen LogP) is 2.68. The molecule has 4 rings (SSSR count). The molecular weight excluding hydrogens is 323 g/mol. The first kappa shape index (κ1) is 15.6. The number of rotatable bonds is 4. The zero-order valence-electron chi connectivity index (χ0n) is 13.1. The first-order chi connectivity index (χ1) is 11.5. The summed E-state index contributed by atoms with van der Waals surface area (Å²) >= 11 is 0. The van der Waals surface area contributed by atoms with Crippen molar-refractivity contribution in [2.24, 2.45) is 0 Å². The number of aromatic nitrogens is 2. The lowest BCUT2D eigenvalue weighted by Crippen LogP contribution is -2.53. The van der Waals surface area contributed by atoms with Gasteiger partial charge in [-0.25, -0.2) is 13.2 Å². The van der Waals surface area contributed by atoms with Gasteiger partial charge in [-0.2, -0.15) is 0 Å². The molecule has 1 aliphatic heterocycles. The number of hydrogen-bond acceptors (Lipinski definition) is 5. The fraction of sp³-hybridized carbons (Fsp3) is 0.500. The fourth-order valence-corrected chi connectivity index (χ4v) is 3.44. The molecule has 2 heterocycles. The van der Waals surface area contributed by atoms with Gasteiger partial charge in [0.05, 0.1) is 6.10 Å². The quantitative estimate of drug-likeness (QED) is 0.802. The summed E-state index contributed by atoms with van der Waals surface area (Å²) in [5.41, 5.74) is 0.849. The molecule has 24 heavy (non-hydrogen) atoms. The summed E-state index contributed by atoms with van der Waals surface area (Å²) in [6, 6.07) is 0.889. The van der Waals surface area contributed by atoms with Gasteiger partial charge in [0.1, 0.15) is 6.61 Å². The van der Waals surface area contributed by atoms with Crippen molar-refractivity contribution in [1.82, 2.24) is 15.1 Å². The maximum atomic E-state index is 14.1. The van der Waals surface area contributed by atoms with Gasteiger partial charge in [-0.1, -0.05) is 0 Å². The largest absolute Gasteiger partial charge is 0.423 e. The molecule has 5 nitrogen and oxygen atoms in total. The van der Waals surface area contributed by atoms with Gasteiger partial charge in [-0.3, -0.25) is 4.90 Å². The Morgan fingerprint density at radius 1 is 1.25 bits per heavy atom.